The van der Waals surface area contributed by atoms with Crippen LogP contribution in [0.4, 0.5) is 5.82 Å². The Balaban J connectivity index is 1.73. The first kappa shape index (κ1) is 18.6. The molecule has 4 rings (SSSR count). The van der Waals surface area contributed by atoms with E-state index in [0.717, 1.165) is 66.3 Å². The van der Waals surface area contributed by atoms with Crippen LogP contribution in [0.5, 0.6) is 0 Å². The van der Waals surface area contributed by atoms with Crippen molar-refractivity contribution in [2.24, 2.45) is 0 Å². The number of anilines is 1. The van der Waals surface area contributed by atoms with Gasteiger partial charge in [-0.2, -0.15) is 0 Å². The SMILES string of the molecule is CCCc1nc2sc3c(NCC[NH+](CC)CC)ncnc3c2c2c1CCC2. The summed E-state index contributed by atoms with van der Waals surface area (Å²) in [5.74, 6) is 0.971. The van der Waals surface area contributed by atoms with Gasteiger partial charge in [-0.25, -0.2) is 15.0 Å². The lowest BCUT2D eigenvalue weighted by Crippen LogP contribution is -3.12. The molecule has 5 nitrogen and oxygen atoms in total. The zero-order valence-electron chi connectivity index (χ0n) is 16.7. The highest BCUT2D eigenvalue weighted by atomic mass is 32.1. The van der Waals surface area contributed by atoms with Gasteiger partial charge in [0.25, 0.3) is 0 Å². The minimum Gasteiger partial charge on any atom is -0.363 e. The lowest BCUT2D eigenvalue weighted by molar-refractivity contribution is -0.894. The topological polar surface area (TPSA) is 55.1 Å². The van der Waals surface area contributed by atoms with Crippen molar-refractivity contribution in [3.8, 4) is 0 Å². The van der Waals surface area contributed by atoms with Gasteiger partial charge >= 0.3 is 0 Å². The highest BCUT2D eigenvalue weighted by Gasteiger charge is 2.23. The molecule has 0 fully saturated rings. The summed E-state index contributed by atoms with van der Waals surface area (Å²) in [6, 6.07) is 0. The third kappa shape index (κ3) is 3.41. The van der Waals surface area contributed by atoms with Gasteiger partial charge in [0.1, 0.15) is 17.0 Å². The highest BCUT2D eigenvalue weighted by Crippen LogP contribution is 2.41. The number of aryl methyl sites for hydroxylation is 2. The first-order chi connectivity index (χ1) is 13.3. The first-order valence-corrected chi connectivity index (χ1v) is 11.2. The fourth-order valence-electron chi connectivity index (χ4n) is 4.31. The van der Waals surface area contributed by atoms with Crippen molar-refractivity contribution in [3.05, 3.63) is 23.1 Å². The van der Waals surface area contributed by atoms with E-state index in [-0.39, 0.29) is 0 Å². The molecule has 0 bridgehead atoms. The Labute approximate surface area is 165 Å². The number of aromatic nitrogens is 3. The van der Waals surface area contributed by atoms with Gasteiger partial charge in [0.05, 0.1) is 36.4 Å². The largest absolute Gasteiger partial charge is 0.363 e. The van der Waals surface area contributed by atoms with E-state index in [2.05, 4.69) is 36.1 Å². The molecule has 6 heteroatoms. The third-order valence-electron chi connectivity index (χ3n) is 5.82. The van der Waals surface area contributed by atoms with E-state index < -0.39 is 0 Å². The molecule has 3 aromatic heterocycles. The number of quaternary nitrogens is 1. The van der Waals surface area contributed by atoms with Gasteiger partial charge < -0.3 is 10.2 Å². The number of pyridine rings is 1. The maximum absolute atomic E-state index is 5.07. The van der Waals surface area contributed by atoms with Gasteiger partial charge in [-0.1, -0.05) is 13.3 Å². The van der Waals surface area contributed by atoms with Crippen LogP contribution in [-0.2, 0) is 19.3 Å². The minimum atomic E-state index is 0.935. The van der Waals surface area contributed by atoms with Gasteiger partial charge in [0, 0.05) is 11.1 Å². The van der Waals surface area contributed by atoms with E-state index in [4.69, 9.17) is 4.98 Å². The number of nitrogens with zero attached hydrogens (tertiary/aromatic N) is 3. The van der Waals surface area contributed by atoms with Crippen LogP contribution in [-0.4, -0.2) is 41.1 Å². The standard InChI is InChI=1S/C21H29N5S/c1-4-8-16-14-9-7-10-15(14)17-18-19(27-21(17)25-16)20(24-13-23-18)22-11-12-26(5-2)6-3/h13H,4-12H2,1-3H3,(H,22,23,24)/p+1. The van der Waals surface area contributed by atoms with E-state index in [1.807, 2.05) is 0 Å². The van der Waals surface area contributed by atoms with Gasteiger partial charge in [-0.15, -0.1) is 11.3 Å². The molecule has 144 valence electrons. The van der Waals surface area contributed by atoms with E-state index in [1.54, 1.807) is 22.6 Å². The molecule has 0 aliphatic heterocycles. The van der Waals surface area contributed by atoms with Crippen LogP contribution in [0.2, 0.25) is 0 Å². The second kappa shape index (κ2) is 8.07. The zero-order chi connectivity index (χ0) is 18.8. The van der Waals surface area contributed by atoms with Gasteiger partial charge in [-0.3, -0.25) is 0 Å². The smallest absolute Gasteiger partial charge is 0.147 e. The van der Waals surface area contributed by atoms with Crippen molar-refractivity contribution < 1.29 is 4.90 Å². The highest BCUT2D eigenvalue weighted by molar-refractivity contribution is 7.26. The number of thiophene rings is 1. The molecular weight excluding hydrogens is 354 g/mol. The number of hydrogen-bond donors (Lipinski definition) is 2. The average molecular weight is 385 g/mol. The number of fused-ring (bicyclic) bond motifs is 5. The quantitative estimate of drug-likeness (QED) is 0.627. The number of rotatable bonds is 8. The molecule has 0 radical (unpaired) electrons. The Morgan fingerprint density at radius 2 is 1.93 bits per heavy atom. The summed E-state index contributed by atoms with van der Waals surface area (Å²) in [5, 5.41) is 4.86. The molecule has 0 unspecified atom stereocenters. The molecule has 1 aliphatic rings. The van der Waals surface area contributed by atoms with Crippen LogP contribution in [0.1, 0.15) is 50.4 Å². The van der Waals surface area contributed by atoms with E-state index >= 15 is 0 Å². The first-order valence-electron chi connectivity index (χ1n) is 10.4. The summed E-state index contributed by atoms with van der Waals surface area (Å²) in [7, 11) is 0. The van der Waals surface area contributed by atoms with Crippen molar-refractivity contribution in [2.75, 3.05) is 31.5 Å². The van der Waals surface area contributed by atoms with Gasteiger partial charge in [0.2, 0.25) is 0 Å². The molecule has 0 saturated heterocycles. The van der Waals surface area contributed by atoms with Gasteiger partial charge in [0.15, 0.2) is 0 Å². The lowest BCUT2D eigenvalue weighted by Gasteiger charge is -2.15. The maximum atomic E-state index is 5.07. The van der Waals surface area contributed by atoms with Gasteiger partial charge in [-0.05, 0) is 50.7 Å². The monoisotopic (exact) mass is 384 g/mol. The van der Waals surface area contributed by atoms with Crippen molar-refractivity contribution in [2.45, 2.75) is 52.9 Å². The van der Waals surface area contributed by atoms with E-state index in [1.165, 1.54) is 35.0 Å². The van der Waals surface area contributed by atoms with Crippen molar-refractivity contribution in [3.63, 3.8) is 0 Å². The Hall–Kier alpha value is -1.79. The Kier molecular flexibility index (Phi) is 5.55. The maximum Gasteiger partial charge on any atom is 0.147 e. The van der Waals surface area contributed by atoms with Crippen LogP contribution in [0.15, 0.2) is 6.33 Å². The Morgan fingerprint density at radius 3 is 2.70 bits per heavy atom. The summed E-state index contributed by atoms with van der Waals surface area (Å²) in [4.78, 5) is 17.0. The predicted molar refractivity (Wildman–Crippen MR) is 114 cm³/mol. The molecule has 27 heavy (non-hydrogen) atoms. The summed E-state index contributed by atoms with van der Waals surface area (Å²) in [5.41, 5.74) is 5.42. The van der Waals surface area contributed by atoms with Crippen LogP contribution < -0.4 is 10.2 Å². The summed E-state index contributed by atoms with van der Waals surface area (Å²) >= 11 is 1.76. The number of hydrogen-bond acceptors (Lipinski definition) is 5. The van der Waals surface area contributed by atoms with Crippen molar-refractivity contribution >= 4 is 37.6 Å². The molecule has 0 aromatic carbocycles. The van der Waals surface area contributed by atoms with Crippen molar-refractivity contribution in [1.29, 1.82) is 0 Å². The second-order valence-electron chi connectivity index (χ2n) is 7.44. The van der Waals surface area contributed by atoms with Crippen LogP contribution in [0.25, 0.3) is 20.4 Å². The van der Waals surface area contributed by atoms with E-state index in [9.17, 15) is 0 Å². The average Bonchev–Trinajstić information content (AvgIpc) is 3.30. The van der Waals surface area contributed by atoms with Crippen LogP contribution >= 0.6 is 11.3 Å². The molecule has 0 atom stereocenters. The van der Waals surface area contributed by atoms with Crippen molar-refractivity contribution in [1.82, 2.24) is 15.0 Å². The van der Waals surface area contributed by atoms with Crippen LogP contribution in [0, 0.1) is 0 Å². The lowest BCUT2D eigenvalue weighted by atomic mass is 10.0. The fourth-order valence-corrected chi connectivity index (χ4v) is 5.45. The van der Waals surface area contributed by atoms with Crippen LogP contribution in [0.3, 0.4) is 0 Å². The summed E-state index contributed by atoms with van der Waals surface area (Å²) in [6.07, 6.45) is 7.52. The molecule has 3 heterocycles. The fraction of sp³-hybridized carbons (Fsp3) is 0.571. The zero-order valence-corrected chi connectivity index (χ0v) is 17.5. The molecular formula is C21H30N5S+. The second-order valence-corrected chi connectivity index (χ2v) is 8.43. The molecule has 3 aromatic rings. The predicted octanol–water partition coefficient (Wildman–Crippen LogP) is 3.02. The normalized spacial score (nSPS) is 13.8. The number of likely N-dealkylation sites (N-methyl/N-ethyl adjacent to an activating group) is 1. The third-order valence-corrected chi connectivity index (χ3v) is 6.90. The Morgan fingerprint density at radius 1 is 1.11 bits per heavy atom. The molecule has 0 amide bonds. The number of nitrogens with one attached hydrogen (secondary N) is 2. The molecule has 0 saturated carbocycles. The molecule has 1 aliphatic carbocycles. The Bertz CT molecular complexity index is 945. The summed E-state index contributed by atoms with van der Waals surface area (Å²) < 4.78 is 1.16. The minimum absolute atomic E-state index is 0.935. The molecule has 2 N–H and O–H groups in total. The van der Waals surface area contributed by atoms with E-state index in [0.29, 0.717) is 0 Å². The molecule has 0 spiro atoms. The summed E-state index contributed by atoms with van der Waals surface area (Å²) in [6.45, 7) is 11.1.